The van der Waals surface area contributed by atoms with Crippen molar-refractivity contribution >= 4 is 18.5 Å². The van der Waals surface area contributed by atoms with Gasteiger partial charge in [0.2, 0.25) is 0 Å². The van der Waals surface area contributed by atoms with Crippen molar-refractivity contribution < 1.29 is 1.43 Å². The van der Waals surface area contributed by atoms with Crippen LogP contribution in [0.2, 0.25) is 0 Å². The molecule has 9 heavy (non-hydrogen) atoms. The molecule has 0 spiro atoms. The average Bonchev–Trinajstić information content (AvgIpc) is 1.90. The zero-order valence-electron chi connectivity index (χ0n) is 6.28. The molecule has 0 radical (unpaired) electrons. The van der Waals surface area contributed by atoms with Crippen LogP contribution in [-0.2, 0) is 0 Å². The SMILES string of the molecule is CN(S)c1ccccc1.[H+]. The molecule has 1 rings (SSSR count). The molecule has 0 N–H and O–H groups in total. The minimum atomic E-state index is 0. The number of anilines is 1. The molecule has 0 amide bonds. The van der Waals surface area contributed by atoms with E-state index in [0.29, 0.717) is 0 Å². The van der Waals surface area contributed by atoms with Gasteiger partial charge in [-0.1, -0.05) is 31.0 Å². The van der Waals surface area contributed by atoms with Crippen molar-refractivity contribution in [2.24, 2.45) is 0 Å². The number of nitrogens with zero attached hydrogens (tertiary/aromatic N) is 1. The van der Waals surface area contributed by atoms with Crippen LogP contribution in [0.15, 0.2) is 30.3 Å². The molecule has 0 atom stereocenters. The standard InChI is InChI=1S/C7H9NS/c1-8(9)7-5-3-2-4-6-7/h2-6,9H,1H3/p+1. The van der Waals surface area contributed by atoms with Crippen molar-refractivity contribution in [2.75, 3.05) is 11.4 Å². The van der Waals surface area contributed by atoms with Crippen LogP contribution in [0.4, 0.5) is 5.69 Å². The summed E-state index contributed by atoms with van der Waals surface area (Å²) in [6.45, 7) is 0. The van der Waals surface area contributed by atoms with Gasteiger partial charge < -0.3 is 4.31 Å². The first kappa shape index (κ1) is 6.49. The summed E-state index contributed by atoms with van der Waals surface area (Å²) in [7, 11) is 1.90. The molecule has 2 heteroatoms. The Balaban J connectivity index is 0.000000810. The first-order valence-corrected chi connectivity index (χ1v) is 3.18. The third kappa shape index (κ3) is 1.64. The minimum absolute atomic E-state index is 0. The van der Waals surface area contributed by atoms with Gasteiger partial charge in [0.15, 0.2) is 0 Å². The second-order valence-electron chi connectivity index (χ2n) is 1.86. The summed E-state index contributed by atoms with van der Waals surface area (Å²) in [5.41, 5.74) is 1.11. The Labute approximate surface area is 62.3 Å². The Bertz CT molecular complexity index is 176. The predicted molar refractivity (Wildman–Crippen MR) is 44.9 cm³/mol. The number of para-hydroxylation sites is 1. The fraction of sp³-hybridized carbons (Fsp3) is 0.143. The number of rotatable bonds is 1. The smallest absolute Gasteiger partial charge is 0.322 e. The Hall–Kier alpha value is -0.630. The summed E-state index contributed by atoms with van der Waals surface area (Å²) in [6.07, 6.45) is 0. The molecular weight excluding hydrogens is 130 g/mol. The first-order valence-electron chi connectivity index (χ1n) is 2.78. The van der Waals surface area contributed by atoms with Gasteiger partial charge in [0.25, 0.3) is 0 Å². The Morgan fingerprint density at radius 2 is 1.89 bits per heavy atom. The van der Waals surface area contributed by atoms with E-state index in [1.54, 1.807) is 4.31 Å². The summed E-state index contributed by atoms with van der Waals surface area (Å²) in [5.74, 6) is 0. The quantitative estimate of drug-likeness (QED) is 0.584. The minimum Gasteiger partial charge on any atom is -0.322 e. The number of benzene rings is 1. The normalized spacial score (nSPS) is 9.11. The molecule has 1 aromatic rings. The molecule has 0 heterocycles. The lowest BCUT2D eigenvalue weighted by atomic mass is 10.3. The highest BCUT2D eigenvalue weighted by molar-refractivity contribution is 7.81. The molecule has 0 unspecified atom stereocenters. The Morgan fingerprint density at radius 3 is 2.22 bits per heavy atom. The summed E-state index contributed by atoms with van der Waals surface area (Å²) in [6, 6.07) is 9.98. The van der Waals surface area contributed by atoms with Gasteiger partial charge in [-0.25, -0.2) is 0 Å². The van der Waals surface area contributed by atoms with Crippen molar-refractivity contribution in [3.8, 4) is 0 Å². The third-order valence-corrected chi connectivity index (χ3v) is 1.36. The molecule has 1 aromatic carbocycles. The van der Waals surface area contributed by atoms with Crippen molar-refractivity contribution in [2.45, 2.75) is 0 Å². The highest BCUT2D eigenvalue weighted by Gasteiger charge is 1.88. The summed E-state index contributed by atoms with van der Waals surface area (Å²) >= 11 is 4.12. The van der Waals surface area contributed by atoms with Gasteiger partial charge in [0.1, 0.15) is 0 Å². The second-order valence-corrected chi connectivity index (χ2v) is 2.46. The molecule has 0 saturated carbocycles. The third-order valence-electron chi connectivity index (χ3n) is 1.13. The van der Waals surface area contributed by atoms with Crippen LogP contribution in [0.1, 0.15) is 1.43 Å². The summed E-state index contributed by atoms with van der Waals surface area (Å²) in [5, 5.41) is 0. The van der Waals surface area contributed by atoms with E-state index in [1.165, 1.54) is 0 Å². The second kappa shape index (κ2) is 2.78. The van der Waals surface area contributed by atoms with Crippen molar-refractivity contribution in [3.63, 3.8) is 0 Å². The van der Waals surface area contributed by atoms with Gasteiger partial charge in [-0.15, -0.1) is 0 Å². The van der Waals surface area contributed by atoms with Crippen molar-refractivity contribution in [1.82, 2.24) is 0 Å². The van der Waals surface area contributed by atoms with Gasteiger partial charge >= 0.3 is 1.43 Å². The predicted octanol–water partition coefficient (Wildman–Crippen LogP) is 2.08. The number of hydrogen-bond donors (Lipinski definition) is 1. The number of hydrogen-bond acceptors (Lipinski definition) is 2. The Morgan fingerprint density at radius 1 is 1.33 bits per heavy atom. The molecule has 0 saturated heterocycles. The topological polar surface area (TPSA) is 3.24 Å². The summed E-state index contributed by atoms with van der Waals surface area (Å²) in [4.78, 5) is 0. The van der Waals surface area contributed by atoms with Crippen LogP contribution in [0.25, 0.3) is 0 Å². The number of thiol groups is 1. The molecule has 0 aliphatic heterocycles. The van der Waals surface area contributed by atoms with Crippen molar-refractivity contribution in [3.05, 3.63) is 30.3 Å². The lowest BCUT2D eigenvalue weighted by Gasteiger charge is -2.08. The van der Waals surface area contributed by atoms with E-state index in [2.05, 4.69) is 12.8 Å². The van der Waals surface area contributed by atoms with Crippen LogP contribution >= 0.6 is 12.8 Å². The maximum Gasteiger partial charge on any atom is 1.00 e. The van der Waals surface area contributed by atoms with Crippen LogP contribution in [0, 0.1) is 0 Å². The first-order chi connectivity index (χ1) is 4.30. The maximum atomic E-state index is 4.12. The Kier molecular flexibility index (Phi) is 2.01. The molecule has 1 nitrogen and oxygen atoms in total. The zero-order valence-corrected chi connectivity index (χ0v) is 6.18. The monoisotopic (exact) mass is 140 g/mol. The zero-order chi connectivity index (χ0) is 6.69. The highest BCUT2D eigenvalue weighted by Crippen LogP contribution is 2.11. The maximum absolute atomic E-state index is 4.12. The van der Waals surface area contributed by atoms with E-state index in [4.69, 9.17) is 0 Å². The lowest BCUT2D eigenvalue weighted by Crippen LogP contribution is -1.99. The fourth-order valence-corrected chi connectivity index (χ4v) is 0.777. The molecule has 0 bridgehead atoms. The molecule has 0 aromatic heterocycles. The van der Waals surface area contributed by atoms with Gasteiger partial charge in [-0.2, -0.15) is 0 Å². The molecule has 0 aliphatic rings. The van der Waals surface area contributed by atoms with E-state index >= 15 is 0 Å². The van der Waals surface area contributed by atoms with E-state index in [9.17, 15) is 0 Å². The van der Waals surface area contributed by atoms with Crippen LogP contribution in [0.3, 0.4) is 0 Å². The van der Waals surface area contributed by atoms with Crippen LogP contribution in [-0.4, -0.2) is 7.05 Å². The fourth-order valence-electron chi connectivity index (χ4n) is 0.644. The highest BCUT2D eigenvalue weighted by atomic mass is 32.1. The van der Waals surface area contributed by atoms with Gasteiger partial charge in [-0.3, -0.25) is 0 Å². The van der Waals surface area contributed by atoms with E-state index in [-0.39, 0.29) is 1.43 Å². The lowest BCUT2D eigenvalue weighted by molar-refractivity contribution is 1.37. The van der Waals surface area contributed by atoms with E-state index in [1.807, 2.05) is 37.4 Å². The van der Waals surface area contributed by atoms with E-state index < -0.39 is 0 Å². The average molecular weight is 140 g/mol. The largest absolute Gasteiger partial charge is 1.00 e. The molecule has 48 valence electrons. The van der Waals surface area contributed by atoms with Gasteiger partial charge in [0, 0.05) is 12.7 Å². The molecule has 0 fully saturated rings. The van der Waals surface area contributed by atoms with Gasteiger partial charge in [-0.05, 0) is 12.1 Å². The van der Waals surface area contributed by atoms with E-state index in [0.717, 1.165) is 5.69 Å². The van der Waals surface area contributed by atoms with Crippen molar-refractivity contribution in [1.29, 1.82) is 0 Å². The van der Waals surface area contributed by atoms with Crippen LogP contribution in [0.5, 0.6) is 0 Å². The molecular formula is C7H10NS+. The van der Waals surface area contributed by atoms with Crippen LogP contribution < -0.4 is 4.31 Å². The molecule has 0 aliphatic carbocycles. The summed E-state index contributed by atoms with van der Waals surface area (Å²) < 4.78 is 1.78. The van der Waals surface area contributed by atoms with Gasteiger partial charge in [0.05, 0.1) is 0 Å².